The van der Waals surface area contributed by atoms with Crippen molar-refractivity contribution in [1.29, 1.82) is 0 Å². The first-order valence-corrected chi connectivity index (χ1v) is 5.18. The molecule has 0 radical (unpaired) electrons. The second-order valence-corrected chi connectivity index (χ2v) is 3.73. The molecule has 0 aromatic rings. The average molecular weight is 194 g/mol. The van der Waals surface area contributed by atoms with E-state index in [1.807, 2.05) is 0 Å². The molecule has 0 aromatic carbocycles. The predicted molar refractivity (Wildman–Crippen MR) is 43.8 cm³/mol. The van der Waals surface area contributed by atoms with Gasteiger partial charge >= 0.3 is 9.05 Å². The maximum absolute atomic E-state index is 9.38. The molecule has 6 heteroatoms. The molecule has 0 aliphatic carbocycles. The van der Waals surface area contributed by atoms with Gasteiger partial charge in [-0.25, -0.2) is 4.89 Å². The quantitative estimate of drug-likeness (QED) is 0.272. The summed E-state index contributed by atoms with van der Waals surface area (Å²) in [5, 5.41) is 0. The van der Waals surface area contributed by atoms with E-state index in [1.165, 1.54) is 13.2 Å². The lowest BCUT2D eigenvalue weighted by Gasteiger charge is -2.18. The molecule has 0 heterocycles. The Morgan fingerprint density at radius 3 is 2.67 bits per heavy atom. The average Bonchev–Trinajstić information content (AvgIpc) is 2.11. The molecule has 0 fully saturated rings. The Labute approximate surface area is 72.9 Å². The van der Waals surface area contributed by atoms with E-state index in [0.717, 1.165) is 0 Å². The Kier molecular flexibility index (Phi) is 6.16. The standard InChI is InChI=1S/C6H14O5Si/c1-4-6-10-12(7,8-3)11-9-5-2/h4,7H,1,5-6H2,2-3H3. The summed E-state index contributed by atoms with van der Waals surface area (Å²) in [5.74, 6) is 0. The molecule has 5 nitrogen and oxygen atoms in total. The van der Waals surface area contributed by atoms with Crippen molar-refractivity contribution in [2.24, 2.45) is 0 Å². The Bertz CT molecular complexity index is 131. The Hall–Kier alpha value is -0.243. The third kappa shape index (κ3) is 4.60. The fraction of sp³-hybridized carbons (Fsp3) is 0.667. The van der Waals surface area contributed by atoms with Crippen molar-refractivity contribution in [3.63, 3.8) is 0 Å². The zero-order valence-corrected chi connectivity index (χ0v) is 8.28. The molecule has 0 aromatic heterocycles. The second kappa shape index (κ2) is 6.29. The normalized spacial score (nSPS) is 15.6. The fourth-order valence-electron chi connectivity index (χ4n) is 0.415. The SMILES string of the molecule is C=CCO[Si](O)(OC)OOCC. The topological polar surface area (TPSA) is 57.2 Å². The molecule has 0 rings (SSSR count). The van der Waals surface area contributed by atoms with Gasteiger partial charge in [-0.3, -0.25) is 0 Å². The minimum absolute atomic E-state index is 0.156. The van der Waals surface area contributed by atoms with E-state index in [9.17, 15) is 4.80 Å². The summed E-state index contributed by atoms with van der Waals surface area (Å²) in [6, 6.07) is 0. The monoisotopic (exact) mass is 194 g/mol. The van der Waals surface area contributed by atoms with Gasteiger partial charge in [-0.15, -0.1) is 6.58 Å². The lowest BCUT2D eigenvalue weighted by molar-refractivity contribution is -0.264. The first kappa shape index (κ1) is 11.8. The molecule has 72 valence electrons. The Balaban J connectivity index is 3.77. The van der Waals surface area contributed by atoms with Crippen LogP contribution < -0.4 is 0 Å². The summed E-state index contributed by atoms with van der Waals surface area (Å²) in [6.45, 7) is 5.60. The van der Waals surface area contributed by atoms with Crippen LogP contribution in [0.4, 0.5) is 0 Å². The fourth-order valence-corrected chi connectivity index (χ4v) is 1.24. The van der Waals surface area contributed by atoms with Gasteiger partial charge in [0.15, 0.2) is 0 Å². The van der Waals surface area contributed by atoms with E-state index >= 15 is 0 Å². The summed E-state index contributed by atoms with van der Waals surface area (Å²) in [5.41, 5.74) is 0. The first-order chi connectivity index (χ1) is 5.68. The highest BCUT2D eigenvalue weighted by atomic mass is 28.4. The molecule has 0 aliphatic rings. The zero-order valence-electron chi connectivity index (χ0n) is 7.28. The molecule has 0 aliphatic heterocycles. The van der Waals surface area contributed by atoms with Crippen LogP contribution in [0.25, 0.3) is 0 Å². The smallest absolute Gasteiger partial charge is 0.366 e. The van der Waals surface area contributed by atoms with Gasteiger partial charge in [0, 0.05) is 7.11 Å². The van der Waals surface area contributed by atoms with Crippen molar-refractivity contribution in [2.45, 2.75) is 6.92 Å². The molecular formula is C6H14O5Si. The van der Waals surface area contributed by atoms with Gasteiger partial charge in [-0.2, -0.15) is 4.58 Å². The van der Waals surface area contributed by atoms with Crippen LogP contribution in [0, 0.1) is 0 Å². The summed E-state index contributed by atoms with van der Waals surface area (Å²) in [7, 11) is -2.27. The van der Waals surface area contributed by atoms with Crippen LogP contribution >= 0.6 is 0 Å². The van der Waals surface area contributed by atoms with Crippen molar-refractivity contribution >= 4 is 9.05 Å². The van der Waals surface area contributed by atoms with Gasteiger partial charge in [-0.1, -0.05) is 6.08 Å². The molecule has 0 spiro atoms. The minimum atomic E-state index is -3.56. The van der Waals surface area contributed by atoms with Crippen molar-refractivity contribution in [2.75, 3.05) is 20.3 Å². The van der Waals surface area contributed by atoms with E-state index in [-0.39, 0.29) is 6.61 Å². The van der Waals surface area contributed by atoms with Gasteiger partial charge in [0.1, 0.15) is 0 Å². The minimum Gasteiger partial charge on any atom is -0.366 e. The maximum atomic E-state index is 9.38. The maximum Gasteiger partial charge on any atom is 0.705 e. The summed E-state index contributed by atoms with van der Waals surface area (Å²) in [4.78, 5) is 13.9. The van der Waals surface area contributed by atoms with Crippen LogP contribution in [0.2, 0.25) is 0 Å². The Morgan fingerprint density at radius 2 is 2.25 bits per heavy atom. The van der Waals surface area contributed by atoms with Gasteiger partial charge in [0.25, 0.3) is 0 Å². The summed E-state index contributed by atoms with van der Waals surface area (Å²) >= 11 is 0. The molecular weight excluding hydrogens is 180 g/mol. The van der Waals surface area contributed by atoms with Gasteiger partial charge in [0.2, 0.25) is 0 Å². The lowest BCUT2D eigenvalue weighted by atomic mass is 10.7. The third-order valence-corrected chi connectivity index (χ3v) is 2.30. The van der Waals surface area contributed by atoms with E-state index in [2.05, 4.69) is 20.5 Å². The highest BCUT2D eigenvalue weighted by Gasteiger charge is 2.41. The number of hydrogen-bond donors (Lipinski definition) is 1. The summed E-state index contributed by atoms with van der Waals surface area (Å²) < 4.78 is 14.0. The Morgan fingerprint density at radius 1 is 1.58 bits per heavy atom. The van der Waals surface area contributed by atoms with E-state index in [0.29, 0.717) is 6.61 Å². The van der Waals surface area contributed by atoms with Crippen LogP contribution in [-0.2, 0) is 18.3 Å². The third-order valence-electron chi connectivity index (χ3n) is 0.924. The number of rotatable bonds is 7. The van der Waals surface area contributed by atoms with E-state index in [4.69, 9.17) is 4.43 Å². The van der Waals surface area contributed by atoms with Crippen molar-refractivity contribution in [3.8, 4) is 0 Å². The molecule has 1 unspecified atom stereocenters. The van der Waals surface area contributed by atoms with Crippen LogP contribution in [-0.4, -0.2) is 34.2 Å². The molecule has 0 saturated heterocycles. The van der Waals surface area contributed by atoms with E-state index < -0.39 is 9.05 Å². The highest BCUT2D eigenvalue weighted by molar-refractivity contribution is 6.51. The van der Waals surface area contributed by atoms with Crippen LogP contribution in [0.5, 0.6) is 0 Å². The van der Waals surface area contributed by atoms with Gasteiger partial charge < -0.3 is 13.6 Å². The molecule has 0 saturated carbocycles. The van der Waals surface area contributed by atoms with Crippen LogP contribution in [0.1, 0.15) is 6.92 Å². The molecule has 1 atom stereocenters. The van der Waals surface area contributed by atoms with Crippen molar-refractivity contribution in [3.05, 3.63) is 12.7 Å². The van der Waals surface area contributed by atoms with Gasteiger partial charge in [-0.05, 0) is 6.92 Å². The lowest BCUT2D eigenvalue weighted by Crippen LogP contribution is -2.45. The summed E-state index contributed by atoms with van der Waals surface area (Å²) in [6.07, 6.45) is 1.48. The zero-order chi connectivity index (χ0) is 9.45. The van der Waals surface area contributed by atoms with E-state index in [1.54, 1.807) is 6.92 Å². The van der Waals surface area contributed by atoms with Crippen molar-refractivity contribution < 1.29 is 23.1 Å². The van der Waals surface area contributed by atoms with Crippen LogP contribution in [0.3, 0.4) is 0 Å². The van der Waals surface area contributed by atoms with Crippen molar-refractivity contribution in [1.82, 2.24) is 0 Å². The largest absolute Gasteiger partial charge is 0.705 e. The second-order valence-electron chi connectivity index (χ2n) is 1.82. The highest BCUT2D eigenvalue weighted by Crippen LogP contribution is 2.04. The molecule has 0 amide bonds. The predicted octanol–water partition coefficient (Wildman–Crippen LogP) is 0.231. The molecule has 0 bridgehead atoms. The molecule has 12 heavy (non-hydrogen) atoms. The van der Waals surface area contributed by atoms with Gasteiger partial charge in [0.05, 0.1) is 13.2 Å². The number of hydrogen-bond acceptors (Lipinski definition) is 5. The van der Waals surface area contributed by atoms with Crippen LogP contribution in [0.15, 0.2) is 12.7 Å². The first-order valence-electron chi connectivity index (χ1n) is 3.51. The molecule has 1 N–H and O–H groups in total.